The molecule has 0 aliphatic rings. The molecule has 2 rings (SSSR count). The van der Waals surface area contributed by atoms with E-state index in [1.807, 2.05) is 19.2 Å². The van der Waals surface area contributed by atoms with Crippen LogP contribution in [-0.2, 0) is 6.54 Å². The van der Waals surface area contributed by atoms with Crippen LogP contribution in [0.3, 0.4) is 0 Å². The first-order valence-electron chi connectivity index (χ1n) is 6.92. The van der Waals surface area contributed by atoms with Gasteiger partial charge in [-0.15, -0.1) is 0 Å². The van der Waals surface area contributed by atoms with E-state index in [4.69, 9.17) is 0 Å². The van der Waals surface area contributed by atoms with Crippen molar-refractivity contribution in [3.05, 3.63) is 69.9 Å². The van der Waals surface area contributed by atoms with Crippen LogP contribution in [-0.4, -0.2) is 23.6 Å². The largest absolute Gasteiger partial charge is 0.388 e. The molecule has 2 aromatic carbocycles. The van der Waals surface area contributed by atoms with Crippen LogP contribution in [0.2, 0.25) is 0 Å². The molecule has 21 heavy (non-hydrogen) atoms. The van der Waals surface area contributed by atoms with Gasteiger partial charge in [0.15, 0.2) is 0 Å². The Hall–Kier alpha value is -1.23. The van der Waals surface area contributed by atoms with E-state index in [0.29, 0.717) is 18.5 Å². The van der Waals surface area contributed by atoms with Crippen molar-refractivity contribution in [3.63, 3.8) is 0 Å². The molecule has 0 bridgehead atoms. The van der Waals surface area contributed by atoms with Crippen LogP contribution in [0.5, 0.6) is 0 Å². The monoisotopic (exact) mass is 351 g/mol. The second-order valence-corrected chi connectivity index (χ2v) is 6.11. The maximum absolute atomic E-state index is 13.6. The molecule has 0 heterocycles. The number of aliphatic hydroxyl groups is 1. The molecule has 0 aliphatic carbocycles. The smallest absolute Gasteiger partial charge is 0.128 e. The highest BCUT2D eigenvalue weighted by Gasteiger charge is 2.13. The first kappa shape index (κ1) is 16.1. The van der Waals surface area contributed by atoms with Gasteiger partial charge in [-0.3, -0.25) is 0 Å². The first-order valence-corrected chi connectivity index (χ1v) is 7.71. The third-order valence-electron chi connectivity index (χ3n) is 3.41. The molecule has 1 unspecified atom stereocenters. The zero-order valence-electron chi connectivity index (χ0n) is 12.0. The van der Waals surface area contributed by atoms with E-state index in [1.54, 1.807) is 18.2 Å². The summed E-state index contributed by atoms with van der Waals surface area (Å²) in [6, 6.07) is 14.5. The summed E-state index contributed by atoms with van der Waals surface area (Å²) in [4.78, 5) is 2.12. The van der Waals surface area contributed by atoms with Crippen LogP contribution >= 0.6 is 15.9 Å². The van der Waals surface area contributed by atoms with Crippen molar-refractivity contribution in [2.24, 2.45) is 0 Å². The molecule has 0 aromatic heterocycles. The van der Waals surface area contributed by atoms with Gasteiger partial charge in [0, 0.05) is 23.1 Å². The molecule has 0 fully saturated rings. The van der Waals surface area contributed by atoms with Crippen molar-refractivity contribution >= 4 is 15.9 Å². The Balaban J connectivity index is 1.85. The highest BCUT2D eigenvalue weighted by molar-refractivity contribution is 9.10. The van der Waals surface area contributed by atoms with Crippen LogP contribution in [0.25, 0.3) is 0 Å². The van der Waals surface area contributed by atoms with Gasteiger partial charge in [0.05, 0.1) is 6.10 Å². The lowest BCUT2D eigenvalue weighted by atomic mass is 10.1. The van der Waals surface area contributed by atoms with Gasteiger partial charge in [0.1, 0.15) is 5.82 Å². The van der Waals surface area contributed by atoms with E-state index in [1.165, 1.54) is 11.6 Å². The maximum Gasteiger partial charge on any atom is 0.128 e. The number of hydrogen-bond acceptors (Lipinski definition) is 2. The molecule has 0 amide bonds. The maximum atomic E-state index is 13.6. The number of hydrogen-bond donors (Lipinski definition) is 1. The summed E-state index contributed by atoms with van der Waals surface area (Å²) in [6.45, 7) is 1.50. The fraction of sp³-hybridized carbons (Fsp3) is 0.294. The zero-order valence-corrected chi connectivity index (χ0v) is 13.6. The van der Waals surface area contributed by atoms with E-state index in [9.17, 15) is 9.50 Å². The number of aliphatic hydroxyl groups excluding tert-OH is 1. The SMILES string of the molecule is CN(CCC(O)c1ccccc1F)Cc1ccc(Br)cc1. The standard InChI is InChI=1S/C17H19BrFNO/c1-20(12-13-6-8-14(18)9-7-13)11-10-17(21)15-4-2-3-5-16(15)19/h2-9,17,21H,10-12H2,1H3. The minimum absolute atomic E-state index is 0.347. The molecular weight excluding hydrogens is 333 g/mol. The Morgan fingerprint density at radius 2 is 1.81 bits per heavy atom. The van der Waals surface area contributed by atoms with Crippen LogP contribution in [0.15, 0.2) is 53.0 Å². The number of halogens is 2. The van der Waals surface area contributed by atoms with Gasteiger partial charge in [-0.05, 0) is 37.2 Å². The molecule has 0 spiro atoms. The van der Waals surface area contributed by atoms with Crippen molar-refractivity contribution in [2.75, 3.05) is 13.6 Å². The Labute approximate surface area is 133 Å². The van der Waals surface area contributed by atoms with Gasteiger partial charge < -0.3 is 10.0 Å². The van der Waals surface area contributed by atoms with Crippen molar-refractivity contribution < 1.29 is 9.50 Å². The molecule has 0 saturated heterocycles. The second-order valence-electron chi connectivity index (χ2n) is 5.19. The first-order chi connectivity index (χ1) is 10.1. The summed E-state index contributed by atoms with van der Waals surface area (Å²) in [7, 11) is 2.00. The number of nitrogens with zero attached hydrogens (tertiary/aromatic N) is 1. The molecule has 0 radical (unpaired) electrons. The average Bonchev–Trinajstić information content (AvgIpc) is 2.48. The number of rotatable bonds is 6. The fourth-order valence-electron chi connectivity index (χ4n) is 2.22. The lowest BCUT2D eigenvalue weighted by Gasteiger charge is -2.19. The zero-order chi connectivity index (χ0) is 15.2. The Morgan fingerprint density at radius 3 is 2.48 bits per heavy atom. The molecule has 0 aliphatic heterocycles. The summed E-state index contributed by atoms with van der Waals surface area (Å²) in [5.74, 6) is -0.347. The van der Waals surface area contributed by atoms with Crippen molar-refractivity contribution in [1.82, 2.24) is 4.90 Å². The lowest BCUT2D eigenvalue weighted by molar-refractivity contribution is 0.144. The third kappa shape index (κ3) is 4.92. The van der Waals surface area contributed by atoms with Crippen LogP contribution in [0.4, 0.5) is 4.39 Å². The molecule has 2 aromatic rings. The molecule has 4 heteroatoms. The van der Waals surface area contributed by atoms with Crippen molar-refractivity contribution in [2.45, 2.75) is 19.1 Å². The highest BCUT2D eigenvalue weighted by Crippen LogP contribution is 2.20. The Kier molecular flexibility index (Phi) is 5.91. The van der Waals surface area contributed by atoms with Crippen molar-refractivity contribution in [1.29, 1.82) is 0 Å². The molecule has 2 nitrogen and oxygen atoms in total. The lowest BCUT2D eigenvalue weighted by Crippen LogP contribution is -2.21. The molecule has 112 valence electrons. The van der Waals surface area contributed by atoms with E-state index < -0.39 is 6.10 Å². The molecule has 0 saturated carbocycles. The van der Waals surface area contributed by atoms with Gasteiger partial charge in [0.2, 0.25) is 0 Å². The normalized spacial score (nSPS) is 12.6. The summed E-state index contributed by atoms with van der Waals surface area (Å²) >= 11 is 3.41. The van der Waals surface area contributed by atoms with Crippen LogP contribution in [0.1, 0.15) is 23.7 Å². The van der Waals surface area contributed by atoms with E-state index in [2.05, 4.69) is 33.0 Å². The van der Waals surface area contributed by atoms with Gasteiger partial charge in [-0.2, -0.15) is 0 Å². The minimum Gasteiger partial charge on any atom is -0.388 e. The third-order valence-corrected chi connectivity index (χ3v) is 3.94. The van der Waals surface area contributed by atoms with Gasteiger partial charge >= 0.3 is 0 Å². The minimum atomic E-state index is -0.765. The Morgan fingerprint density at radius 1 is 1.14 bits per heavy atom. The van der Waals surface area contributed by atoms with E-state index in [0.717, 1.165) is 11.0 Å². The van der Waals surface area contributed by atoms with Gasteiger partial charge in [0.25, 0.3) is 0 Å². The highest BCUT2D eigenvalue weighted by atomic mass is 79.9. The fourth-order valence-corrected chi connectivity index (χ4v) is 2.49. The quantitative estimate of drug-likeness (QED) is 0.845. The topological polar surface area (TPSA) is 23.5 Å². The second kappa shape index (κ2) is 7.69. The van der Waals surface area contributed by atoms with E-state index in [-0.39, 0.29) is 5.82 Å². The van der Waals surface area contributed by atoms with Crippen molar-refractivity contribution in [3.8, 4) is 0 Å². The summed E-state index contributed by atoms with van der Waals surface area (Å²) < 4.78 is 14.6. The molecule has 1 atom stereocenters. The van der Waals surface area contributed by atoms with E-state index >= 15 is 0 Å². The predicted octanol–water partition coefficient (Wildman–Crippen LogP) is 4.14. The van der Waals surface area contributed by atoms with Crippen LogP contribution < -0.4 is 0 Å². The van der Waals surface area contributed by atoms with Gasteiger partial charge in [-0.1, -0.05) is 46.3 Å². The summed E-state index contributed by atoms with van der Waals surface area (Å²) in [5, 5.41) is 10.1. The Bertz CT molecular complexity index is 573. The summed E-state index contributed by atoms with van der Waals surface area (Å²) in [6.07, 6.45) is -0.257. The van der Waals surface area contributed by atoms with Gasteiger partial charge in [-0.25, -0.2) is 4.39 Å². The average molecular weight is 352 g/mol. The van der Waals surface area contributed by atoms with Crippen LogP contribution in [0, 0.1) is 5.82 Å². The molecular formula is C17H19BrFNO. The number of benzene rings is 2. The molecule has 1 N–H and O–H groups in total. The predicted molar refractivity (Wildman–Crippen MR) is 86.5 cm³/mol. The summed E-state index contributed by atoms with van der Waals surface area (Å²) in [5.41, 5.74) is 1.58.